The quantitative estimate of drug-likeness (QED) is 0.186. The molecule has 4 nitrogen and oxygen atoms in total. The van der Waals surface area contributed by atoms with Gasteiger partial charge in [0.25, 0.3) is 0 Å². The van der Waals surface area contributed by atoms with Crippen molar-refractivity contribution in [1.82, 2.24) is 19.5 Å². The van der Waals surface area contributed by atoms with Crippen molar-refractivity contribution in [1.29, 1.82) is 0 Å². The summed E-state index contributed by atoms with van der Waals surface area (Å²) in [4.78, 5) is 15.1. The number of para-hydroxylation sites is 1. The smallest absolute Gasteiger partial charge is 0.164 e. The Morgan fingerprint density at radius 1 is 0.453 bits per heavy atom. The van der Waals surface area contributed by atoms with Crippen LogP contribution in [-0.2, 0) is 10.8 Å². The summed E-state index contributed by atoms with van der Waals surface area (Å²) in [5, 5.41) is 5.07. The Hall–Kier alpha value is -6.39. The van der Waals surface area contributed by atoms with Gasteiger partial charge in [0.1, 0.15) is 0 Å². The van der Waals surface area contributed by atoms with Gasteiger partial charge in [-0.3, -0.25) is 0 Å². The fraction of sp³-hybridized carbons (Fsp3) is 0.122. The lowest BCUT2D eigenvalue weighted by Crippen LogP contribution is -2.44. The molecule has 9 aromatic rings. The zero-order valence-corrected chi connectivity index (χ0v) is 30.3. The zero-order valence-electron chi connectivity index (χ0n) is 30.3. The van der Waals surface area contributed by atoms with Crippen molar-refractivity contribution in [3.05, 3.63) is 169 Å². The van der Waals surface area contributed by atoms with Gasteiger partial charge in [0.05, 0.1) is 11.0 Å². The summed E-state index contributed by atoms with van der Waals surface area (Å²) >= 11 is 0. The van der Waals surface area contributed by atoms with Crippen LogP contribution in [0.2, 0.25) is 0 Å². The molecule has 0 N–H and O–H groups in total. The zero-order chi connectivity index (χ0) is 35.9. The first-order valence-electron chi connectivity index (χ1n) is 18.4. The van der Waals surface area contributed by atoms with Crippen molar-refractivity contribution >= 4 is 32.6 Å². The van der Waals surface area contributed by atoms with E-state index in [-0.39, 0.29) is 10.8 Å². The highest BCUT2D eigenvalue weighted by Gasteiger charge is 2.48. The molecule has 1 aliphatic carbocycles. The Labute approximate surface area is 309 Å². The first kappa shape index (κ1) is 31.4. The monoisotopic (exact) mass is 682 g/mol. The van der Waals surface area contributed by atoms with Crippen LogP contribution in [0.4, 0.5) is 0 Å². The third kappa shape index (κ3) is 4.65. The normalized spacial score (nSPS) is 14.3. The van der Waals surface area contributed by atoms with Gasteiger partial charge in [-0.1, -0.05) is 167 Å². The van der Waals surface area contributed by atoms with Gasteiger partial charge in [-0.15, -0.1) is 0 Å². The third-order valence-electron chi connectivity index (χ3n) is 12.0. The molecule has 2 heterocycles. The van der Waals surface area contributed by atoms with Crippen molar-refractivity contribution < 1.29 is 0 Å². The second-order valence-corrected chi connectivity index (χ2v) is 15.3. The van der Waals surface area contributed by atoms with E-state index < -0.39 is 0 Å². The molecule has 7 aromatic carbocycles. The van der Waals surface area contributed by atoms with E-state index in [1.54, 1.807) is 0 Å². The van der Waals surface area contributed by atoms with Crippen LogP contribution in [0, 0.1) is 0 Å². The molecule has 0 amide bonds. The van der Waals surface area contributed by atoms with Crippen molar-refractivity contribution in [2.75, 3.05) is 0 Å². The molecule has 0 unspecified atom stereocenters. The molecule has 2 aromatic heterocycles. The summed E-state index contributed by atoms with van der Waals surface area (Å²) in [5.41, 5.74) is 11.4. The van der Waals surface area contributed by atoms with Gasteiger partial charge in [0.2, 0.25) is 0 Å². The van der Waals surface area contributed by atoms with Crippen LogP contribution in [0.15, 0.2) is 158 Å². The van der Waals surface area contributed by atoms with Crippen molar-refractivity contribution in [2.24, 2.45) is 0 Å². The summed E-state index contributed by atoms with van der Waals surface area (Å²) in [6.07, 6.45) is 0. The molecule has 0 bridgehead atoms. The highest BCUT2D eigenvalue weighted by molar-refractivity contribution is 6.14. The number of hydrogen-bond donors (Lipinski definition) is 0. The fourth-order valence-corrected chi connectivity index (χ4v) is 8.62. The average molecular weight is 683 g/mol. The number of hydrogen-bond acceptors (Lipinski definition) is 3. The number of fused-ring (bicyclic) bond motifs is 9. The molecule has 4 heteroatoms. The lowest BCUT2D eigenvalue weighted by Gasteiger charge is -2.49. The topological polar surface area (TPSA) is 43.6 Å². The highest BCUT2D eigenvalue weighted by Crippen LogP contribution is 2.58. The van der Waals surface area contributed by atoms with Crippen molar-refractivity contribution in [3.63, 3.8) is 0 Å². The SMILES string of the molecule is CC1(C)c2ccc3ccccc3c2-c2ccc3c4ccccc4n(-c4cccc(-c5nc(-c6ccccc6)nc(-c6ccccc6)n5)c4)c3c2C1(C)C. The van der Waals surface area contributed by atoms with Crippen LogP contribution in [0.3, 0.4) is 0 Å². The lowest BCUT2D eigenvalue weighted by molar-refractivity contribution is 0.301. The van der Waals surface area contributed by atoms with E-state index in [0.717, 1.165) is 22.4 Å². The van der Waals surface area contributed by atoms with Crippen LogP contribution < -0.4 is 0 Å². The molecular weight excluding hydrogens is 645 g/mol. The van der Waals surface area contributed by atoms with Crippen LogP contribution in [-0.4, -0.2) is 19.5 Å². The van der Waals surface area contributed by atoms with Gasteiger partial charge in [-0.05, 0) is 56.6 Å². The van der Waals surface area contributed by atoms with Crippen molar-refractivity contribution in [2.45, 2.75) is 38.5 Å². The molecule has 0 spiro atoms. The summed E-state index contributed by atoms with van der Waals surface area (Å²) in [6, 6.07) is 56.1. The lowest BCUT2D eigenvalue weighted by atomic mass is 9.54. The second kappa shape index (κ2) is 11.6. The second-order valence-electron chi connectivity index (χ2n) is 15.3. The Morgan fingerprint density at radius 3 is 1.74 bits per heavy atom. The predicted octanol–water partition coefficient (Wildman–Crippen LogP) is 12.4. The maximum Gasteiger partial charge on any atom is 0.164 e. The number of rotatable bonds is 4. The van der Waals surface area contributed by atoms with Crippen LogP contribution in [0.5, 0.6) is 0 Å². The molecule has 0 aliphatic heterocycles. The minimum absolute atomic E-state index is 0.149. The molecule has 1 aliphatic rings. The summed E-state index contributed by atoms with van der Waals surface area (Å²) in [6.45, 7) is 9.71. The van der Waals surface area contributed by atoms with Gasteiger partial charge < -0.3 is 4.57 Å². The molecule has 10 rings (SSSR count). The summed E-state index contributed by atoms with van der Waals surface area (Å²) < 4.78 is 2.48. The summed E-state index contributed by atoms with van der Waals surface area (Å²) in [7, 11) is 0. The number of aromatic nitrogens is 4. The Balaban J connectivity index is 1.26. The number of nitrogens with zero attached hydrogens (tertiary/aromatic N) is 4. The van der Waals surface area contributed by atoms with Gasteiger partial charge in [-0.25, -0.2) is 15.0 Å². The predicted molar refractivity (Wildman–Crippen MR) is 219 cm³/mol. The molecule has 53 heavy (non-hydrogen) atoms. The minimum atomic E-state index is -0.204. The molecule has 0 atom stereocenters. The fourth-order valence-electron chi connectivity index (χ4n) is 8.62. The maximum absolute atomic E-state index is 5.08. The van der Waals surface area contributed by atoms with E-state index in [4.69, 9.17) is 15.0 Å². The summed E-state index contributed by atoms with van der Waals surface area (Å²) in [5.74, 6) is 1.95. The first-order chi connectivity index (χ1) is 25.8. The Morgan fingerprint density at radius 2 is 1.04 bits per heavy atom. The van der Waals surface area contributed by atoms with Gasteiger partial charge in [0.15, 0.2) is 17.5 Å². The van der Waals surface area contributed by atoms with Crippen LogP contribution in [0.25, 0.3) is 83.6 Å². The van der Waals surface area contributed by atoms with E-state index in [1.165, 1.54) is 54.8 Å². The average Bonchev–Trinajstić information content (AvgIpc) is 3.54. The van der Waals surface area contributed by atoms with Gasteiger partial charge >= 0.3 is 0 Å². The van der Waals surface area contributed by atoms with Gasteiger partial charge in [-0.2, -0.15) is 0 Å². The van der Waals surface area contributed by atoms with Crippen molar-refractivity contribution in [3.8, 4) is 51.0 Å². The largest absolute Gasteiger partial charge is 0.309 e. The molecular formula is C49H38N4. The molecule has 0 fully saturated rings. The maximum atomic E-state index is 5.08. The third-order valence-corrected chi connectivity index (χ3v) is 12.0. The van der Waals surface area contributed by atoms with Gasteiger partial charge in [0, 0.05) is 38.6 Å². The Bertz CT molecular complexity index is 2820. The Kier molecular flexibility index (Phi) is 6.84. The van der Waals surface area contributed by atoms with Crippen LogP contribution in [0.1, 0.15) is 38.8 Å². The minimum Gasteiger partial charge on any atom is -0.309 e. The molecule has 0 radical (unpaired) electrons. The highest BCUT2D eigenvalue weighted by atomic mass is 15.0. The molecule has 254 valence electrons. The van der Waals surface area contributed by atoms with E-state index in [0.29, 0.717) is 17.5 Å². The van der Waals surface area contributed by atoms with E-state index >= 15 is 0 Å². The molecule has 0 saturated heterocycles. The standard InChI is InChI=1S/C49H38N4/c1-48(2)40-29-26-31-16-11-12-23-36(31)42(40)39-28-27-38-37-24-13-14-25-41(37)53(44(38)43(39)49(48,3)4)35-22-15-21-34(30-35)47-51-45(32-17-7-5-8-18-32)50-46(52-47)33-19-9-6-10-20-33/h5-30H,1-4H3. The van der Waals surface area contributed by atoms with E-state index in [1.807, 2.05) is 36.4 Å². The van der Waals surface area contributed by atoms with E-state index in [9.17, 15) is 0 Å². The first-order valence-corrected chi connectivity index (χ1v) is 18.4. The molecule has 0 saturated carbocycles. The van der Waals surface area contributed by atoms with Crippen LogP contribution >= 0.6 is 0 Å². The number of benzene rings is 7. The van der Waals surface area contributed by atoms with E-state index in [2.05, 4.69) is 154 Å².